The third-order valence-electron chi connectivity index (χ3n) is 4.70. The van der Waals surface area contributed by atoms with Gasteiger partial charge in [0.2, 0.25) is 0 Å². The van der Waals surface area contributed by atoms with Gasteiger partial charge in [-0.1, -0.05) is 31.0 Å². The summed E-state index contributed by atoms with van der Waals surface area (Å²) < 4.78 is 0. The van der Waals surface area contributed by atoms with Crippen LogP contribution >= 0.6 is 0 Å². The highest BCUT2D eigenvalue weighted by atomic mass is 15.2. The quantitative estimate of drug-likeness (QED) is 0.934. The van der Waals surface area contributed by atoms with Gasteiger partial charge < -0.3 is 10.2 Å². The molecule has 1 aliphatic carbocycles. The fourth-order valence-electron chi connectivity index (χ4n) is 3.62. The van der Waals surface area contributed by atoms with Crippen LogP contribution in [0.5, 0.6) is 0 Å². The first-order chi connectivity index (χ1) is 10.8. The number of rotatable bonds is 3. The third-order valence-corrected chi connectivity index (χ3v) is 4.70. The van der Waals surface area contributed by atoms with Gasteiger partial charge in [-0.2, -0.15) is 0 Å². The van der Waals surface area contributed by atoms with Crippen LogP contribution in [0.4, 0.5) is 17.3 Å². The number of hydrogen-bond donors (Lipinski definition) is 1. The van der Waals surface area contributed by atoms with Crippen molar-refractivity contribution in [3.05, 3.63) is 41.7 Å². The molecular weight excluding hydrogens is 272 g/mol. The largest absolute Gasteiger partial charge is 0.367 e. The predicted octanol–water partition coefficient (Wildman–Crippen LogP) is 3.83. The van der Waals surface area contributed by atoms with E-state index in [1.165, 1.54) is 36.9 Å². The van der Waals surface area contributed by atoms with Crippen LogP contribution in [0.15, 0.2) is 30.3 Å². The van der Waals surface area contributed by atoms with Gasteiger partial charge in [-0.05, 0) is 37.8 Å². The monoisotopic (exact) mass is 294 g/mol. The van der Waals surface area contributed by atoms with Gasteiger partial charge in [-0.15, -0.1) is 0 Å². The summed E-state index contributed by atoms with van der Waals surface area (Å²) >= 11 is 0. The summed E-state index contributed by atoms with van der Waals surface area (Å²) in [5.41, 5.74) is 2.69. The van der Waals surface area contributed by atoms with Crippen molar-refractivity contribution in [1.82, 2.24) is 9.97 Å². The van der Waals surface area contributed by atoms with Crippen molar-refractivity contribution in [3.63, 3.8) is 0 Å². The van der Waals surface area contributed by atoms with Crippen LogP contribution in [0.1, 0.15) is 37.1 Å². The molecule has 2 heterocycles. The predicted molar refractivity (Wildman–Crippen MR) is 89.8 cm³/mol. The molecule has 0 amide bonds. The second-order valence-electron chi connectivity index (χ2n) is 6.31. The van der Waals surface area contributed by atoms with E-state index >= 15 is 0 Å². The molecule has 2 aliphatic rings. The molecule has 0 unspecified atom stereocenters. The maximum Gasteiger partial charge on any atom is 0.138 e. The smallest absolute Gasteiger partial charge is 0.138 e. The summed E-state index contributed by atoms with van der Waals surface area (Å²) in [6.45, 7) is 2.98. The van der Waals surface area contributed by atoms with Gasteiger partial charge in [0.15, 0.2) is 0 Å². The summed E-state index contributed by atoms with van der Waals surface area (Å²) in [6, 6.07) is 11.3. The molecule has 1 aromatic heterocycles. The molecule has 0 spiro atoms. The Balaban J connectivity index is 1.63. The van der Waals surface area contributed by atoms with Crippen LogP contribution in [0.3, 0.4) is 0 Å². The van der Waals surface area contributed by atoms with E-state index in [-0.39, 0.29) is 0 Å². The molecule has 2 aromatic rings. The average molecular weight is 294 g/mol. The van der Waals surface area contributed by atoms with Crippen molar-refractivity contribution in [2.24, 2.45) is 0 Å². The minimum absolute atomic E-state index is 0.577. The van der Waals surface area contributed by atoms with Crippen LogP contribution in [-0.4, -0.2) is 22.6 Å². The fourth-order valence-corrected chi connectivity index (χ4v) is 3.62. The summed E-state index contributed by atoms with van der Waals surface area (Å²) in [4.78, 5) is 11.5. The second kappa shape index (κ2) is 5.59. The van der Waals surface area contributed by atoms with E-state index in [4.69, 9.17) is 0 Å². The number of aromatic nitrogens is 2. The molecule has 0 bridgehead atoms. The Bertz CT molecular complexity index is 677. The van der Waals surface area contributed by atoms with Crippen molar-refractivity contribution in [2.45, 2.75) is 45.1 Å². The number of nitrogens with zero attached hydrogens (tertiary/aromatic N) is 3. The molecule has 1 aliphatic heterocycles. The van der Waals surface area contributed by atoms with Crippen molar-refractivity contribution in [2.75, 3.05) is 16.8 Å². The number of aryl methyl sites for hydroxylation is 1. The Labute approximate surface area is 131 Å². The van der Waals surface area contributed by atoms with E-state index in [0.717, 1.165) is 30.4 Å². The highest BCUT2D eigenvalue weighted by Crippen LogP contribution is 2.34. The van der Waals surface area contributed by atoms with E-state index in [1.807, 2.05) is 6.92 Å². The van der Waals surface area contributed by atoms with Crippen LogP contribution in [0.2, 0.25) is 0 Å². The maximum atomic E-state index is 4.66. The van der Waals surface area contributed by atoms with Crippen molar-refractivity contribution >= 4 is 17.3 Å². The molecule has 0 atom stereocenters. The Kier molecular flexibility index (Phi) is 3.45. The summed E-state index contributed by atoms with van der Waals surface area (Å²) in [5, 5.41) is 3.59. The van der Waals surface area contributed by atoms with Gasteiger partial charge >= 0.3 is 0 Å². The Morgan fingerprint density at radius 3 is 2.82 bits per heavy atom. The number of para-hydroxylation sites is 1. The first-order valence-electron chi connectivity index (χ1n) is 8.27. The summed E-state index contributed by atoms with van der Waals surface area (Å²) in [7, 11) is 0. The minimum atomic E-state index is 0.577. The lowest BCUT2D eigenvalue weighted by molar-refractivity contribution is 0.748. The molecule has 1 N–H and O–H groups in total. The van der Waals surface area contributed by atoms with Crippen molar-refractivity contribution < 1.29 is 0 Å². The molecule has 1 fully saturated rings. The van der Waals surface area contributed by atoms with Gasteiger partial charge in [0.1, 0.15) is 17.5 Å². The van der Waals surface area contributed by atoms with E-state index in [0.29, 0.717) is 6.04 Å². The highest BCUT2D eigenvalue weighted by molar-refractivity contribution is 5.69. The van der Waals surface area contributed by atoms with Crippen LogP contribution < -0.4 is 10.2 Å². The summed E-state index contributed by atoms with van der Waals surface area (Å²) in [6.07, 6.45) is 6.25. The van der Waals surface area contributed by atoms with E-state index < -0.39 is 0 Å². The molecular formula is C18H22N4. The van der Waals surface area contributed by atoms with Crippen LogP contribution in [0.25, 0.3) is 0 Å². The zero-order valence-corrected chi connectivity index (χ0v) is 13.0. The van der Waals surface area contributed by atoms with Gasteiger partial charge in [-0.25, -0.2) is 9.97 Å². The van der Waals surface area contributed by atoms with E-state index in [1.54, 1.807) is 0 Å². The molecule has 1 saturated carbocycles. The average Bonchev–Trinajstić information content (AvgIpc) is 3.15. The summed E-state index contributed by atoms with van der Waals surface area (Å²) in [5.74, 6) is 2.82. The van der Waals surface area contributed by atoms with Crippen molar-refractivity contribution in [1.29, 1.82) is 0 Å². The number of nitrogens with one attached hydrogen (secondary N) is 1. The lowest BCUT2D eigenvalue weighted by Crippen LogP contribution is -2.19. The third kappa shape index (κ3) is 2.54. The Morgan fingerprint density at radius 2 is 1.95 bits per heavy atom. The molecule has 0 saturated heterocycles. The van der Waals surface area contributed by atoms with E-state index in [2.05, 4.69) is 50.5 Å². The van der Waals surface area contributed by atoms with Gasteiger partial charge in [0.05, 0.1) is 0 Å². The zero-order chi connectivity index (χ0) is 14.9. The van der Waals surface area contributed by atoms with Gasteiger partial charge in [-0.3, -0.25) is 0 Å². The number of fused-ring (bicyclic) bond motifs is 1. The maximum absolute atomic E-state index is 4.66. The normalized spacial score (nSPS) is 17.8. The van der Waals surface area contributed by atoms with Gasteiger partial charge in [0.25, 0.3) is 0 Å². The van der Waals surface area contributed by atoms with Crippen LogP contribution in [-0.2, 0) is 6.42 Å². The van der Waals surface area contributed by atoms with Crippen LogP contribution in [0, 0.1) is 6.92 Å². The highest BCUT2D eigenvalue weighted by Gasteiger charge is 2.22. The second-order valence-corrected chi connectivity index (χ2v) is 6.31. The molecule has 4 rings (SSSR count). The standard InChI is InChI=1S/C18H22N4/c1-13-19-17(21-15-7-3-4-8-15)12-18(20-13)22-11-10-14-6-2-5-9-16(14)22/h2,5-6,9,12,15H,3-4,7-8,10-11H2,1H3,(H,19,20,21). The number of benzene rings is 1. The van der Waals surface area contributed by atoms with E-state index in [9.17, 15) is 0 Å². The van der Waals surface area contributed by atoms with Gasteiger partial charge in [0, 0.05) is 24.3 Å². The Hall–Kier alpha value is -2.10. The fraction of sp³-hybridized carbons (Fsp3) is 0.444. The molecule has 114 valence electrons. The first-order valence-corrected chi connectivity index (χ1v) is 8.27. The zero-order valence-electron chi connectivity index (χ0n) is 13.0. The molecule has 0 radical (unpaired) electrons. The molecule has 4 heteroatoms. The topological polar surface area (TPSA) is 41.1 Å². The van der Waals surface area contributed by atoms with Crippen molar-refractivity contribution in [3.8, 4) is 0 Å². The SMILES string of the molecule is Cc1nc(NC2CCCC2)cc(N2CCc3ccccc32)n1. The molecule has 1 aromatic carbocycles. The number of anilines is 3. The minimum Gasteiger partial charge on any atom is -0.367 e. The molecule has 22 heavy (non-hydrogen) atoms. The first kappa shape index (κ1) is 13.6. The lowest BCUT2D eigenvalue weighted by atomic mass is 10.2. The number of hydrogen-bond acceptors (Lipinski definition) is 4. The lowest BCUT2D eigenvalue weighted by Gasteiger charge is -2.20. The molecule has 4 nitrogen and oxygen atoms in total. The Morgan fingerprint density at radius 1 is 1.14 bits per heavy atom.